The number of nitrogens with one attached hydrogen (secondary N) is 1. The van der Waals surface area contributed by atoms with Gasteiger partial charge >= 0.3 is 0 Å². The van der Waals surface area contributed by atoms with Crippen LogP contribution in [0, 0.1) is 10.1 Å². The van der Waals surface area contributed by atoms with E-state index in [4.69, 9.17) is 25.8 Å². The highest BCUT2D eigenvalue weighted by molar-refractivity contribution is 6.28. The molecule has 0 atom stereocenters. The van der Waals surface area contributed by atoms with E-state index in [0.717, 1.165) is 0 Å². The number of methoxy groups -OCH3 is 3. The molecule has 1 heterocycles. The largest absolute Gasteiger partial charge is 0.496 e. The van der Waals surface area contributed by atoms with Crippen molar-refractivity contribution in [2.24, 2.45) is 0 Å². The van der Waals surface area contributed by atoms with Crippen LogP contribution in [0.25, 0.3) is 10.9 Å². The topological polar surface area (TPSA) is 109 Å². The standard InChI is InChI=1S/C17H15ClN4O5/c1-25-9-4-5-11(13(6-9)22(23)24)19-16-10-7-14(26-2)15(27-3)8-12(10)20-17(18)21-16/h4-8H,1-3H3,(H,19,20,21). The molecule has 0 radical (unpaired) electrons. The average molecular weight is 391 g/mol. The molecule has 0 bridgehead atoms. The molecule has 0 unspecified atom stereocenters. The van der Waals surface area contributed by atoms with Gasteiger partial charge < -0.3 is 19.5 Å². The van der Waals surface area contributed by atoms with Crippen LogP contribution >= 0.6 is 11.6 Å². The van der Waals surface area contributed by atoms with Crippen LogP contribution in [0.2, 0.25) is 5.28 Å². The van der Waals surface area contributed by atoms with Crippen LogP contribution in [0.4, 0.5) is 17.2 Å². The first-order valence-corrected chi connectivity index (χ1v) is 8.03. The summed E-state index contributed by atoms with van der Waals surface area (Å²) in [4.78, 5) is 19.2. The van der Waals surface area contributed by atoms with Crippen LogP contribution in [0.5, 0.6) is 17.2 Å². The fraction of sp³-hybridized carbons (Fsp3) is 0.176. The van der Waals surface area contributed by atoms with Crippen molar-refractivity contribution in [2.75, 3.05) is 26.6 Å². The summed E-state index contributed by atoms with van der Waals surface area (Å²) in [5.74, 6) is 1.59. The maximum atomic E-state index is 11.4. The van der Waals surface area contributed by atoms with E-state index in [0.29, 0.717) is 34.0 Å². The summed E-state index contributed by atoms with van der Waals surface area (Å²) >= 11 is 6.02. The molecule has 0 saturated carbocycles. The van der Waals surface area contributed by atoms with Crippen LogP contribution in [0.1, 0.15) is 0 Å². The van der Waals surface area contributed by atoms with Crippen molar-refractivity contribution < 1.29 is 19.1 Å². The Balaban J connectivity index is 2.16. The minimum atomic E-state index is -0.514. The first-order valence-electron chi connectivity index (χ1n) is 7.65. The molecular weight excluding hydrogens is 376 g/mol. The van der Waals surface area contributed by atoms with Gasteiger partial charge in [-0.15, -0.1) is 0 Å². The van der Waals surface area contributed by atoms with Gasteiger partial charge in [0.15, 0.2) is 11.5 Å². The Hall–Kier alpha value is -3.33. The summed E-state index contributed by atoms with van der Waals surface area (Å²) in [6.07, 6.45) is 0. The summed E-state index contributed by atoms with van der Waals surface area (Å²) in [7, 11) is 4.44. The zero-order valence-corrected chi connectivity index (χ0v) is 15.4. The summed E-state index contributed by atoms with van der Waals surface area (Å²) in [5.41, 5.74) is 0.552. The quantitative estimate of drug-likeness (QED) is 0.382. The molecule has 0 fully saturated rings. The molecule has 0 aliphatic heterocycles. The molecule has 3 rings (SSSR count). The van der Waals surface area contributed by atoms with Crippen molar-refractivity contribution in [1.29, 1.82) is 0 Å². The maximum absolute atomic E-state index is 11.4. The number of rotatable bonds is 6. The smallest absolute Gasteiger partial charge is 0.296 e. The number of hydrogen-bond donors (Lipinski definition) is 1. The SMILES string of the molecule is COc1ccc(Nc2nc(Cl)nc3cc(OC)c(OC)cc23)c([N+](=O)[O-])c1. The molecule has 1 aromatic heterocycles. The van der Waals surface area contributed by atoms with Gasteiger partial charge in [0.25, 0.3) is 5.69 Å². The number of ether oxygens (including phenoxy) is 3. The minimum absolute atomic E-state index is 0.0200. The summed E-state index contributed by atoms with van der Waals surface area (Å²) in [5, 5.41) is 14.9. The lowest BCUT2D eigenvalue weighted by Gasteiger charge is -2.13. The van der Waals surface area contributed by atoms with Crippen LogP contribution in [-0.4, -0.2) is 36.2 Å². The molecule has 0 spiro atoms. The second-order valence-electron chi connectivity index (χ2n) is 5.33. The molecule has 3 aromatic rings. The zero-order valence-electron chi connectivity index (χ0n) is 14.6. The predicted octanol–water partition coefficient (Wildman–Crippen LogP) is 3.96. The summed E-state index contributed by atoms with van der Waals surface area (Å²) in [6.45, 7) is 0. The first-order chi connectivity index (χ1) is 13.0. The van der Waals surface area contributed by atoms with Gasteiger partial charge in [-0.25, -0.2) is 4.98 Å². The van der Waals surface area contributed by atoms with Crippen LogP contribution in [0.3, 0.4) is 0 Å². The Bertz CT molecular complexity index is 1030. The lowest BCUT2D eigenvalue weighted by molar-refractivity contribution is -0.384. The van der Waals surface area contributed by atoms with E-state index in [1.807, 2.05) is 0 Å². The Morgan fingerprint density at radius 1 is 1.04 bits per heavy atom. The molecule has 0 saturated heterocycles. The number of benzene rings is 2. The van der Waals surface area contributed by atoms with Crippen molar-refractivity contribution in [1.82, 2.24) is 9.97 Å². The molecule has 0 amide bonds. The van der Waals surface area contributed by atoms with Crippen LogP contribution in [-0.2, 0) is 0 Å². The number of nitrogens with zero attached hydrogens (tertiary/aromatic N) is 3. The highest BCUT2D eigenvalue weighted by Crippen LogP contribution is 2.37. The molecule has 10 heteroatoms. The Morgan fingerprint density at radius 2 is 1.74 bits per heavy atom. The van der Waals surface area contributed by atoms with Gasteiger partial charge in [0, 0.05) is 11.5 Å². The van der Waals surface area contributed by atoms with Crippen molar-refractivity contribution in [3.05, 3.63) is 45.7 Å². The van der Waals surface area contributed by atoms with Gasteiger partial charge in [-0.05, 0) is 29.8 Å². The number of nitro benzene ring substituents is 1. The monoisotopic (exact) mass is 390 g/mol. The first kappa shape index (κ1) is 18.5. The third-order valence-corrected chi connectivity index (χ3v) is 4.00. The number of nitro groups is 1. The van der Waals surface area contributed by atoms with Gasteiger partial charge in [0.05, 0.1) is 37.8 Å². The van der Waals surface area contributed by atoms with Gasteiger partial charge in [-0.3, -0.25) is 10.1 Å². The van der Waals surface area contributed by atoms with Gasteiger partial charge in [0.1, 0.15) is 17.3 Å². The van der Waals surface area contributed by atoms with E-state index in [1.165, 1.54) is 33.5 Å². The lowest BCUT2D eigenvalue weighted by atomic mass is 10.2. The number of halogens is 1. The average Bonchev–Trinajstić information content (AvgIpc) is 2.66. The number of fused-ring (bicyclic) bond motifs is 1. The maximum Gasteiger partial charge on any atom is 0.296 e. The molecule has 9 nitrogen and oxygen atoms in total. The second-order valence-corrected chi connectivity index (χ2v) is 5.67. The molecule has 27 heavy (non-hydrogen) atoms. The molecule has 2 aromatic carbocycles. The van der Waals surface area contributed by atoms with Gasteiger partial charge in [0.2, 0.25) is 5.28 Å². The van der Waals surface area contributed by atoms with E-state index in [-0.39, 0.29) is 16.7 Å². The summed E-state index contributed by atoms with van der Waals surface area (Å²) < 4.78 is 15.6. The number of aromatic nitrogens is 2. The van der Waals surface area contributed by atoms with E-state index < -0.39 is 4.92 Å². The minimum Gasteiger partial charge on any atom is -0.496 e. The van der Waals surface area contributed by atoms with Crippen molar-refractivity contribution >= 4 is 39.7 Å². The highest BCUT2D eigenvalue weighted by atomic mass is 35.5. The number of hydrogen-bond acceptors (Lipinski definition) is 8. The second kappa shape index (κ2) is 7.50. The highest BCUT2D eigenvalue weighted by Gasteiger charge is 2.18. The van der Waals surface area contributed by atoms with Crippen LogP contribution in [0.15, 0.2) is 30.3 Å². The van der Waals surface area contributed by atoms with E-state index in [1.54, 1.807) is 18.2 Å². The fourth-order valence-corrected chi connectivity index (χ4v) is 2.72. The Labute approximate surface area is 159 Å². The third kappa shape index (κ3) is 3.63. The van der Waals surface area contributed by atoms with E-state index >= 15 is 0 Å². The van der Waals surface area contributed by atoms with Crippen LogP contribution < -0.4 is 19.5 Å². The predicted molar refractivity (Wildman–Crippen MR) is 101 cm³/mol. The molecule has 1 N–H and O–H groups in total. The molecule has 140 valence electrons. The third-order valence-electron chi connectivity index (χ3n) is 3.83. The number of anilines is 2. The molecule has 0 aliphatic carbocycles. The molecular formula is C17H15ClN4O5. The fourth-order valence-electron chi connectivity index (χ4n) is 2.55. The van der Waals surface area contributed by atoms with Crippen molar-refractivity contribution in [2.45, 2.75) is 0 Å². The Kier molecular flexibility index (Phi) is 5.13. The Morgan fingerprint density at radius 3 is 2.37 bits per heavy atom. The zero-order chi connectivity index (χ0) is 19.6. The van der Waals surface area contributed by atoms with E-state index in [9.17, 15) is 10.1 Å². The summed E-state index contributed by atoms with van der Waals surface area (Å²) in [6, 6.07) is 7.76. The van der Waals surface area contributed by atoms with Gasteiger partial charge in [-0.2, -0.15) is 4.98 Å². The lowest BCUT2D eigenvalue weighted by Crippen LogP contribution is -2.02. The van der Waals surface area contributed by atoms with E-state index in [2.05, 4.69) is 15.3 Å². The van der Waals surface area contributed by atoms with Crippen molar-refractivity contribution in [3.8, 4) is 17.2 Å². The molecule has 0 aliphatic rings. The van der Waals surface area contributed by atoms with Gasteiger partial charge in [-0.1, -0.05) is 0 Å². The normalized spacial score (nSPS) is 10.5. The van der Waals surface area contributed by atoms with Crippen molar-refractivity contribution in [3.63, 3.8) is 0 Å².